The monoisotopic (exact) mass is 394 g/mol. The highest BCUT2D eigenvalue weighted by Gasteiger charge is 2.24. The number of carbonyl (C=O) groups is 2. The number of thiophene rings is 1. The summed E-state index contributed by atoms with van der Waals surface area (Å²) in [5.41, 5.74) is 7.11. The fourth-order valence-corrected chi connectivity index (χ4v) is 5.03. The van der Waals surface area contributed by atoms with Crippen molar-refractivity contribution in [1.29, 1.82) is 0 Å². The molecule has 0 unspecified atom stereocenters. The van der Waals surface area contributed by atoms with Gasteiger partial charge in [-0.2, -0.15) is 0 Å². The van der Waals surface area contributed by atoms with Gasteiger partial charge in [-0.3, -0.25) is 9.59 Å². The lowest BCUT2D eigenvalue weighted by Gasteiger charge is -2.10. The van der Waals surface area contributed by atoms with Gasteiger partial charge in [0.1, 0.15) is 10.8 Å². The number of amides is 2. The van der Waals surface area contributed by atoms with Gasteiger partial charge in [0, 0.05) is 10.3 Å². The van der Waals surface area contributed by atoms with Crippen LogP contribution in [0, 0.1) is 0 Å². The summed E-state index contributed by atoms with van der Waals surface area (Å²) in [4.78, 5) is 25.7. The van der Waals surface area contributed by atoms with E-state index in [1.807, 2.05) is 42.5 Å². The fourth-order valence-electron chi connectivity index (χ4n) is 3.72. The van der Waals surface area contributed by atoms with Gasteiger partial charge in [0.2, 0.25) is 0 Å². The van der Waals surface area contributed by atoms with E-state index in [9.17, 15) is 9.59 Å². The molecule has 1 aliphatic rings. The van der Waals surface area contributed by atoms with Crippen molar-refractivity contribution in [2.45, 2.75) is 32.1 Å². The van der Waals surface area contributed by atoms with Crippen LogP contribution in [0.5, 0.6) is 5.75 Å². The number of nitrogens with one attached hydrogen (secondary N) is 1. The number of nitrogens with two attached hydrogens (primary N) is 1. The van der Waals surface area contributed by atoms with E-state index in [2.05, 4.69) is 5.32 Å². The third-order valence-corrected chi connectivity index (χ3v) is 6.24. The molecule has 1 aromatic heterocycles. The van der Waals surface area contributed by atoms with Gasteiger partial charge in [0.25, 0.3) is 11.8 Å². The highest BCUT2D eigenvalue weighted by molar-refractivity contribution is 7.17. The number of rotatable bonds is 5. The first-order valence-corrected chi connectivity index (χ1v) is 10.3. The summed E-state index contributed by atoms with van der Waals surface area (Å²) in [6, 6.07) is 13.6. The molecule has 0 spiro atoms. The van der Waals surface area contributed by atoms with Crippen LogP contribution >= 0.6 is 11.3 Å². The van der Waals surface area contributed by atoms with Gasteiger partial charge in [0.05, 0.1) is 5.56 Å². The normalized spacial score (nSPS) is 13.6. The van der Waals surface area contributed by atoms with Crippen LogP contribution in [0.1, 0.15) is 40.1 Å². The average Bonchev–Trinajstić information content (AvgIpc) is 2.87. The van der Waals surface area contributed by atoms with E-state index < -0.39 is 5.91 Å². The van der Waals surface area contributed by atoms with Crippen LogP contribution in [0.15, 0.2) is 42.5 Å². The molecule has 144 valence electrons. The zero-order valence-electron chi connectivity index (χ0n) is 15.5. The minimum Gasteiger partial charge on any atom is -0.483 e. The van der Waals surface area contributed by atoms with Crippen LogP contribution in [0.2, 0.25) is 0 Å². The number of anilines is 1. The summed E-state index contributed by atoms with van der Waals surface area (Å²) in [6.07, 6.45) is 5.07. The van der Waals surface area contributed by atoms with E-state index in [0.717, 1.165) is 53.3 Å². The summed E-state index contributed by atoms with van der Waals surface area (Å²) < 4.78 is 5.75. The molecule has 3 aromatic rings. The molecule has 4 rings (SSSR count). The summed E-state index contributed by atoms with van der Waals surface area (Å²) in [5.74, 6) is -0.123. The molecule has 2 amide bonds. The van der Waals surface area contributed by atoms with Crippen molar-refractivity contribution < 1.29 is 14.3 Å². The van der Waals surface area contributed by atoms with Gasteiger partial charge >= 0.3 is 0 Å². The maximum absolute atomic E-state index is 12.5. The van der Waals surface area contributed by atoms with E-state index >= 15 is 0 Å². The molecule has 28 heavy (non-hydrogen) atoms. The molecule has 0 saturated heterocycles. The Kier molecular flexibility index (Phi) is 5.30. The fraction of sp³-hybridized carbons (Fsp3) is 0.273. The van der Waals surface area contributed by atoms with Gasteiger partial charge < -0.3 is 15.8 Å². The topological polar surface area (TPSA) is 81.4 Å². The first kappa shape index (κ1) is 18.5. The molecule has 1 heterocycles. The average molecular weight is 394 g/mol. The first-order valence-electron chi connectivity index (χ1n) is 9.48. The Labute approximate surface area is 167 Å². The Bertz CT molecular complexity index is 1040. The zero-order valence-corrected chi connectivity index (χ0v) is 16.3. The molecule has 0 bridgehead atoms. The Balaban J connectivity index is 1.50. The third-order valence-electron chi connectivity index (χ3n) is 5.03. The predicted octanol–water partition coefficient (Wildman–Crippen LogP) is 4.29. The van der Waals surface area contributed by atoms with E-state index in [4.69, 9.17) is 10.5 Å². The maximum atomic E-state index is 12.5. The number of primary amides is 1. The molecule has 6 heteroatoms. The molecular formula is C22H22N2O3S. The first-order chi connectivity index (χ1) is 13.6. The number of fused-ring (bicyclic) bond motifs is 2. The second-order valence-corrected chi connectivity index (χ2v) is 8.05. The molecule has 0 radical (unpaired) electrons. The van der Waals surface area contributed by atoms with Gasteiger partial charge in [-0.05, 0) is 42.7 Å². The molecule has 3 N–H and O–H groups in total. The van der Waals surface area contributed by atoms with Crippen molar-refractivity contribution in [1.82, 2.24) is 0 Å². The largest absolute Gasteiger partial charge is 0.483 e. The Morgan fingerprint density at radius 2 is 1.82 bits per heavy atom. The zero-order chi connectivity index (χ0) is 19.5. The van der Waals surface area contributed by atoms with Crippen molar-refractivity contribution >= 4 is 38.9 Å². The highest BCUT2D eigenvalue weighted by atomic mass is 32.1. The van der Waals surface area contributed by atoms with Gasteiger partial charge in [-0.25, -0.2) is 0 Å². The van der Waals surface area contributed by atoms with Crippen molar-refractivity contribution in [3.05, 3.63) is 58.5 Å². The standard InChI is InChI=1S/C22H22N2O3S/c23-21(26)20-16-10-2-1-3-12-18(16)28-22(20)24-19(25)13-27-17-11-6-8-14-7-4-5-9-15(14)17/h4-9,11H,1-3,10,12-13H2,(H2,23,26)(H,24,25). The van der Waals surface area contributed by atoms with Gasteiger partial charge in [0.15, 0.2) is 6.61 Å². The Morgan fingerprint density at radius 1 is 1.04 bits per heavy atom. The second kappa shape index (κ2) is 8.02. The lowest BCUT2D eigenvalue weighted by atomic mass is 10.1. The van der Waals surface area contributed by atoms with Crippen LogP contribution < -0.4 is 15.8 Å². The minimum absolute atomic E-state index is 0.130. The van der Waals surface area contributed by atoms with Crippen molar-refractivity contribution in [2.24, 2.45) is 5.73 Å². The Morgan fingerprint density at radius 3 is 2.68 bits per heavy atom. The SMILES string of the molecule is NC(=O)c1c(NC(=O)COc2cccc3ccccc23)sc2c1CCCCC2. The van der Waals surface area contributed by atoms with Crippen LogP contribution in [0.3, 0.4) is 0 Å². The lowest BCUT2D eigenvalue weighted by molar-refractivity contribution is -0.118. The van der Waals surface area contributed by atoms with Crippen molar-refractivity contribution in [2.75, 3.05) is 11.9 Å². The smallest absolute Gasteiger partial charge is 0.262 e. The van der Waals surface area contributed by atoms with E-state index in [1.165, 1.54) is 11.3 Å². The summed E-state index contributed by atoms with van der Waals surface area (Å²) >= 11 is 1.47. The van der Waals surface area contributed by atoms with Gasteiger partial charge in [-0.1, -0.05) is 42.8 Å². The number of carbonyl (C=O) groups excluding carboxylic acids is 2. The molecule has 2 aromatic carbocycles. The van der Waals surface area contributed by atoms with E-state index in [-0.39, 0.29) is 12.5 Å². The van der Waals surface area contributed by atoms with Crippen molar-refractivity contribution in [3.8, 4) is 5.75 Å². The summed E-state index contributed by atoms with van der Waals surface area (Å²) in [7, 11) is 0. The summed E-state index contributed by atoms with van der Waals surface area (Å²) in [5, 5.41) is 5.40. The number of ether oxygens (including phenoxy) is 1. The molecule has 0 atom stereocenters. The highest BCUT2D eigenvalue weighted by Crippen LogP contribution is 2.37. The van der Waals surface area contributed by atoms with E-state index in [1.54, 1.807) is 0 Å². The third kappa shape index (κ3) is 3.73. The van der Waals surface area contributed by atoms with Crippen molar-refractivity contribution in [3.63, 3.8) is 0 Å². The van der Waals surface area contributed by atoms with Gasteiger partial charge in [-0.15, -0.1) is 11.3 Å². The molecular weight excluding hydrogens is 372 g/mol. The second-order valence-electron chi connectivity index (χ2n) is 6.95. The predicted molar refractivity (Wildman–Crippen MR) is 112 cm³/mol. The van der Waals surface area contributed by atoms with E-state index in [0.29, 0.717) is 16.3 Å². The van der Waals surface area contributed by atoms with Crippen LogP contribution in [-0.4, -0.2) is 18.4 Å². The number of benzene rings is 2. The number of aryl methyl sites for hydroxylation is 1. The summed E-state index contributed by atoms with van der Waals surface area (Å²) in [6.45, 7) is -0.130. The molecule has 1 aliphatic carbocycles. The lowest BCUT2D eigenvalue weighted by Crippen LogP contribution is -2.22. The molecule has 0 saturated carbocycles. The molecule has 0 fully saturated rings. The number of hydrogen-bond donors (Lipinski definition) is 2. The van der Waals surface area contributed by atoms with Crippen LogP contribution in [-0.2, 0) is 17.6 Å². The maximum Gasteiger partial charge on any atom is 0.262 e. The minimum atomic E-state index is -0.482. The van der Waals surface area contributed by atoms with Crippen LogP contribution in [0.4, 0.5) is 5.00 Å². The molecule has 0 aliphatic heterocycles. The quantitative estimate of drug-likeness (QED) is 0.634. The molecule has 5 nitrogen and oxygen atoms in total. The number of hydrogen-bond acceptors (Lipinski definition) is 4. The van der Waals surface area contributed by atoms with Crippen LogP contribution in [0.25, 0.3) is 10.8 Å². The Hall–Kier alpha value is -2.86.